The minimum atomic E-state index is -3.06. The van der Waals surface area contributed by atoms with Gasteiger partial charge in [0.25, 0.3) is 5.91 Å². The van der Waals surface area contributed by atoms with Crippen molar-refractivity contribution in [1.82, 2.24) is 10.3 Å². The van der Waals surface area contributed by atoms with Crippen molar-refractivity contribution in [3.05, 3.63) is 65.9 Å². The summed E-state index contributed by atoms with van der Waals surface area (Å²) in [6.07, 6.45) is 0.428. The Labute approximate surface area is 167 Å². The molecule has 0 spiro atoms. The van der Waals surface area contributed by atoms with Crippen molar-refractivity contribution >= 4 is 26.6 Å². The number of nitrogens with zero attached hydrogens (tertiary/aromatic N) is 2. The average Bonchev–Trinajstić information content (AvgIpc) is 3.06. The van der Waals surface area contributed by atoms with Crippen LogP contribution in [0.4, 0.5) is 0 Å². The number of rotatable bonds is 4. The second-order valence-electron chi connectivity index (χ2n) is 6.86. The summed E-state index contributed by atoms with van der Waals surface area (Å²) in [5.74, 6) is 0.913. The van der Waals surface area contributed by atoms with Crippen molar-refractivity contribution in [2.45, 2.75) is 12.5 Å². The minimum absolute atomic E-state index is 0.0254. The van der Waals surface area contributed by atoms with Crippen LogP contribution in [0, 0.1) is 11.3 Å². The Morgan fingerprint density at radius 1 is 1.10 bits per heavy atom. The van der Waals surface area contributed by atoms with Gasteiger partial charge in [0.05, 0.1) is 28.7 Å². The number of carbonyl (C=O) groups is 1. The molecular weight excluding hydrogens is 390 g/mol. The van der Waals surface area contributed by atoms with Gasteiger partial charge in [-0.05, 0) is 55.0 Å². The lowest BCUT2D eigenvalue weighted by molar-refractivity contribution is 0.0936. The van der Waals surface area contributed by atoms with E-state index in [0.29, 0.717) is 29.0 Å². The number of hydrogen-bond donors (Lipinski definition) is 1. The lowest BCUT2D eigenvalue weighted by atomic mass is 10.1. The Hall–Kier alpha value is -3.44. The molecule has 0 bridgehead atoms. The van der Waals surface area contributed by atoms with E-state index in [1.165, 1.54) is 0 Å². The number of hydrogen-bond acceptors (Lipinski definition) is 6. The highest BCUT2D eigenvalue weighted by Crippen LogP contribution is 2.25. The molecular formula is C21H17N3O4S. The second-order valence-corrected chi connectivity index (χ2v) is 9.09. The van der Waals surface area contributed by atoms with E-state index in [2.05, 4.69) is 16.4 Å². The molecule has 2 heterocycles. The third kappa shape index (κ3) is 4.36. The van der Waals surface area contributed by atoms with Crippen LogP contribution in [0.2, 0.25) is 0 Å². The van der Waals surface area contributed by atoms with Crippen molar-refractivity contribution in [2.24, 2.45) is 0 Å². The van der Waals surface area contributed by atoms with Crippen LogP contribution in [0.25, 0.3) is 10.9 Å². The number of pyridine rings is 1. The van der Waals surface area contributed by atoms with Crippen LogP contribution in [-0.2, 0) is 9.84 Å². The first-order valence-corrected chi connectivity index (χ1v) is 10.8. The Kier molecular flexibility index (Phi) is 4.91. The maximum absolute atomic E-state index is 12.4. The molecule has 1 fully saturated rings. The summed E-state index contributed by atoms with van der Waals surface area (Å²) >= 11 is 0. The molecule has 8 heteroatoms. The maximum atomic E-state index is 12.4. The molecule has 1 aliphatic rings. The number of carbonyl (C=O) groups excluding carboxylic acids is 1. The fraction of sp³-hybridized carbons (Fsp3) is 0.190. The summed E-state index contributed by atoms with van der Waals surface area (Å²) < 4.78 is 28.9. The smallest absolute Gasteiger partial charge is 0.270 e. The summed E-state index contributed by atoms with van der Waals surface area (Å²) in [6, 6.07) is 17.2. The quantitative estimate of drug-likeness (QED) is 0.712. The average molecular weight is 407 g/mol. The van der Waals surface area contributed by atoms with Crippen LogP contribution in [0.5, 0.6) is 11.5 Å². The highest BCUT2D eigenvalue weighted by atomic mass is 32.2. The van der Waals surface area contributed by atoms with Gasteiger partial charge in [-0.25, -0.2) is 13.4 Å². The van der Waals surface area contributed by atoms with Gasteiger partial charge in [0.2, 0.25) is 0 Å². The van der Waals surface area contributed by atoms with Crippen LogP contribution in [0.1, 0.15) is 22.5 Å². The monoisotopic (exact) mass is 407 g/mol. The van der Waals surface area contributed by atoms with Crippen molar-refractivity contribution in [2.75, 3.05) is 11.5 Å². The molecule has 1 amide bonds. The normalized spacial score (nSPS) is 17.6. The first kappa shape index (κ1) is 18.9. The number of fused-ring (bicyclic) bond motifs is 1. The maximum Gasteiger partial charge on any atom is 0.270 e. The molecule has 146 valence electrons. The van der Waals surface area contributed by atoms with Crippen LogP contribution >= 0.6 is 0 Å². The van der Waals surface area contributed by atoms with Gasteiger partial charge in [-0.1, -0.05) is 6.07 Å². The molecule has 7 nitrogen and oxygen atoms in total. The van der Waals surface area contributed by atoms with Gasteiger partial charge in [-0.3, -0.25) is 4.79 Å². The molecule has 0 aliphatic carbocycles. The van der Waals surface area contributed by atoms with Gasteiger partial charge in [-0.15, -0.1) is 0 Å². The molecule has 1 atom stereocenters. The zero-order valence-electron chi connectivity index (χ0n) is 15.3. The van der Waals surface area contributed by atoms with Crippen molar-refractivity contribution < 1.29 is 17.9 Å². The summed E-state index contributed by atoms with van der Waals surface area (Å²) in [6.45, 7) is 0. The number of nitriles is 1. The molecule has 29 heavy (non-hydrogen) atoms. The minimum Gasteiger partial charge on any atom is -0.457 e. The number of nitrogens with one attached hydrogen (secondary N) is 1. The molecule has 2 aromatic carbocycles. The molecule has 0 unspecified atom stereocenters. The fourth-order valence-electron chi connectivity index (χ4n) is 3.20. The summed E-state index contributed by atoms with van der Waals surface area (Å²) in [4.78, 5) is 16.8. The Morgan fingerprint density at radius 2 is 1.86 bits per heavy atom. The standard InChI is InChI=1S/C21H17N3O4S/c22-12-14-1-4-17(5-2-14)28-18-6-8-19-15(11-18)3-7-20(24-19)21(25)23-16-9-10-29(26,27)13-16/h1-8,11,16H,9-10,13H2,(H,23,25)/t16-/m1/s1. The van der Waals surface area contributed by atoms with E-state index >= 15 is 0 Å². The fourth-order valence-corrected chi connectivity index (χ4v) is 4.87. The lowest BCUT2D eigenvalue weighted by Crippen LogP contribution is -2.36. The number of ether oxygens (including phenoxy) is 1. The first-order chi connectivity index (χ1) is 13.9. The van der Waals surface area contributed by atoms with Crippen molar-refractivity contribution in [3.8, 4) is 17.6 Å². The predicted octanol–water partition coefficient (Wildman–Crippen LogP) is 2.82. The van der Waals surface area contributed by atoms with Crippen molar-refractivity contribution in [3.63, 3.8) is 0 Å². The first-order valence-electron chi connectivity index (χ1n) is 9.02. The number of amides is 1. The Morgan fingerprint density at radius 3 is 2.55 bits per heavy atom. The van der Waals surface area contributed by atoms with Crippen molar-refractivity contribution in [1.29, 1.82) is 5.26 Å². The van der Waals surface area contributed by atoms with Gasteiger partial charge < -0.3 is 10.1 Å². The second kappa shape index (κ2) is 7.53. The molecule has 1 aromatic heterocycles. The molecule has 1 saturated heterocycles. The number of sulfone groups is 1. The van der Waals surface area contributed by atoms with Gasteiger partial charge in [0, 0.05) is 11.4 Å². The summed E-state index contributed by atoms with van der Waals surface area (Å²) in [7, 11) is -3.06. The lowest BCUT2D eigenvalue weighted by Gasteiger charge is -2.11. The van der Waals surface area contributed by atoms with Gasteiger partial charge in [0.1, 0.15) is 17.2 Å². The van der Waals surface area contributed by atoms with E-state index < -0.39 is 9.84 Å². The Balaban J connectivity index is 1.49. The Bertz CT molecular complexity index is 1230. The van der Waals surface area contributed by atoms with Gasteiger partial charge in [0.15, 0.2) is 9.84 Å². The van der Waals surface area contributed by atoms with Crippen LogP contribution in [0.15, 0.2) is 54.6 Å². The SMILES string of the molecule is N#Cc1ccc(Oc2ccc3nc(C(=O)N[C@@H]4CCS(=O)(=O)C4)ccc3c2)cc1. The predicted molar refractivity (Wildman–Crippen MR) is 107 cm³/mol. The third-order valence-electron chi connectivity index (χ3n) is 4.68. The van der Waals surface area contributed by atoms with Gasteiger partial charge >= 0.3 is 0 Å². The van der Waals surface area contributed by atoms with Crippen LogP contribution in [-0.4, -0.2) is 36.9 Å². The van der Waals surface area contributed by atoms with E-state index in [9.17, 15) is 13.2 Å². The molecule has 1 N–H and O–H groups in total. The van der Waals surface area contributed by atoms with Crippen LogP contribution < -0.4 is 10.1 Å². The number of aromatic nitrogens is 1. The summed E-state index contributed by atoms with van der Waals surface area (Å²) in [5, 5.41) is 12.4. The van der Waals surface area contributed by atoms with E-state index in [-0.39, 0.29) is 29.1 Å². The zero-order chi connectivity index (χ0) is 20.4. The molecule has 0 saturated carbocycles. The molecule has 4 rings (SSSR count). The van der Waals surface area contributed by atoms with Gasteiger partial charge in [-0.2, -0.15) is 5.26 Å². The summed E-state index contributed by atoms with van der Waals surface area (Å²) in [5.41, 5.74) is 1.42. The highest BCUT2D eigenvalue weighted by Gasteiger charge is 2.29. The third-order valence-corrected chi connectivity index (χ3v) is 6.45. The highest BCUT2D eigenvalue weighted by molar-refractivity contribution is 7.91. The molecule has 0 radical (unpaired) electrons. The van der Waals surface area contributed by atoms with E-state index in [4.69, 9.17) is 10.00 Å². The largest absolute Gasteiger partial charge is 0.457 e. The number of benzene rings is 2. The topological polar surface area (TPSA) is 109 Å². The van der Waals surface area contributed by atoms with E-state index in [1.807, 2.05) is 6.07 Å². The van der Waals surface area contributed by atoms with Crippen LogP contribution in [0.3, 0.4) is 0 Å². The molecule has 1 aliphatic heterocycles. The van der Waals surface area contributed by atoms with E-state index in [0.717, 1.165) is 5.39 Å². The molecule has 3 aromatic rings. The zero-order valence-corrected chi connectivity index (χ0v) is 16.1. The van der Waals surface area contributed by atoms with E-state index in [1.54, 1.807) is 48.5 Å².